The summed E-state index contributed by atoms with van der Waals surface area (Å²) in [4.78, 5) is 29.2. The van der Waals surface area contributed by atoms with E-state index in [9.17, 15) is 9.59 Å². The van der Waals surface area contributed by atoms with Gasteiger partial charge in [0.25, 0.3) is 17.1 Å². The van der Waals surface area contributed by atoms with Crippen molar-refractivity contribution < 1.29 is 0 Å². The lowest BCUT2D eigenvalue weighted by Gasteiger charge is -2.20. The predicted octanol–water partition coefficient (Wildman–Crippen LogP) is 0.0376. The van der Waals surface area contributed by atoms with Gasteiger partial charge in [-0.2, -0.15) is 4.68 Å². The molecule has 3 rings (SSSR count). The molecule has 1 aromatic carbocycles. The Bertz CT molecular complexity index is 1170. The summed E-state index contributed by atoms with van der Waals surface area (Å²) in [6.45, 7) is 11.5. The lowest BCUT2D eigenvalue weighted by atomic mass is 10.1. The minimum Gasteiger partial charge on any atom is -0.372 e. The largest absolute Gasteiger partial charge is 0.372 e. The van der Waals surface area contributed by atoms with E-state index in [2.05, 4.69) is 45.6 Å². The van der Waals surface area contributed by atoms with Gasteiger partial charge < -0.3 is 4.90 Å². The molecule has 0 saturated heterocycles. The molecule has 2 aromatic heterocycles. The molecule has 140 valence electrons. The first-order valence-electron chi connectivity index (χ1n) is 8.75. The SMILES string of the molecule is C=c1[nH]n(-c2nnc(C)c(=O)[nH]2)c(=O)c1=Cc1ccc(N(CC)CC)cc1. The van der Waals surface area contributed by atoms with Crippen molar-refractivity contribution in [3.63, 3.8) is 0 Å². The zero-order valence-electron chi connectivity index (χ0n) is 15.6. The maximum atomic E-state index is 12.7. The van der Waals surface area contributed by atoms with Crippen molar-refractivity contribution in [3.8, 4) is 5.95 Å². The van der Waals surface area contributed by atoms with Crippen molar-refractivity contribution in [1.82, 2.24) is 25.0 Å². The molecule has 2 heterocycles. The Balaban J connectivity index is 2.04. The van der Waals surface area contributed by atoms with E-state index in [1.54, 1.807) is 13.0 Å². The third kappa shape index (κ3) is 3.59. The number of aromatic amines is 2. The second kappa shape index (κ2) is 7.45. The first kappa shape index (κ1) is 18.4. The highest BCUT2D eigenvalue weighted by Gasteiger charge is 2.09. The van der Waals surface area contributed by atoms with Gasteiger partial charge in [-0.05, 0) is 44.5 Å². The summed E-state index contributed by atoms with van der Waals surface area (Å²) in [6, 6.07) is 7.96. The molecule has 0 aliphatic heterocycles. The molecule has 0 spiro atoms. The molecule has 0 amide bonds. The number of nitrogens with one attached hydrogen (secondary N) is 2. The summed E-state index contributed by atoms with van der Waals surface area (Å²) in [7, 11) is 0. The highest BCUT2D eigenvalue weighted by molar-refractivity contribution is 5.56. The molecule has 0 bridgehead atoms. The van der Waals surface area contributed by atoms with Gasteiger partial charge in [0.15, 0.2) is 0 Å². The number of benzene rings is 1. The average molecular weight is 366 g/mol. The fourth-order valence-electron chi connectivity index (χ4n) is 2.82. The van der Waals surface area contributed by atoms with Crippen LogP contribution < -0.4 is 26.6 Å². The second-order valence-electron chi connectivity index (χ2n) is 6.12. The number of aromatic nitrogens is 5. The van der Waals surface area contributed by atoms with E-state index in [1.807, 2.05) is 24.3 Å². The molecule has 0 aliphatic carbocycles. The summed E-state index contributed by atoms with van der Waals surface area (Å²) in [5.41, 5.74) is 1.48. The van der Waals surface area contributed by atoms with Crippen LogP contribution in [0.2, 0.25) is 0 Å². The first-order valence-corrected chi connectivity index (χ1v) is 8.75. The number of nitrogens with zero attached hydrogens (tertiary/aromatic N) is 4. The van der Waals surface area contributed by atoms with Gasteiger partial charge in [-0.25, -0.2) is 0 Å². The van der Waals surface area contributed by atoms with E-state index in [0.29, 0.717) is 10.6 Å². The number of aryl methyl sites for hydroxylation is 1. The third-order valence-corrected chi connectivity index (χ3v) is 4.40. The van der Waals surface area contributed by atoms with E-state index in [0.717, 1.165) is 29.0 Å². The Morgan fingerprint density at radius 1 is 1.15 bits per heavy atom. The Hall–Kier alpha value is -3.42. The molecule has 0 fully saturated rings. The average Bonchev–Trinajstić information content (AvgIpc) is 2.94. The number of H-pyrrole nitrogens is 2. The minimum absolute atomic E-state index is 0.0250. The Morgan fingerprint density at radius 2 is 1.81 bits per heavy atom. The monoisotopic (exact) mass is 366 g/mol. The molecule has 0 aliphatic rings. The van der Waals surface area contributed by atoms with Crippen LogP contribution in [0.5, 0.6) is 0 Å². The molecule has 2 N–H and O–H groups in total. The zero-order valence-corrected chi connectivity index (χ0v) is 15.6. The quantitative estimate of drug-likeness (QED) is 0.664. The van der Waals surface area contributed by atoms with Crippen LogP contribution in [-0.4, -0.2) is 38.1 Å². The molecule has 0 atom stereocenters. The highest BCUT2D eigenvalue weighted by Crippen LogP contribution is 2.14. The van der Waals surface area contributed by atoms with Crippen LogP contribution in [0.25, 0.3) is 18.6 Å². The Morgan fingerprint density at radius 3 is 2.41 bits per heavy atom. The number of rotatable bonds is 5. The lowest BCUT2D eigenvalue weighted by Crippen LogP contribution is -2.34. The van der Waals surface area contributed by atoms with Crippen molar-refractivity contribution in [2.75, 3.05) is 18.0 Å². The van der Waals surface area contributed by atoms with Crippen LogP contribution in [0.4, 0.5) is 5.69 Å². The van der Waals surface area contributed by atoms with Crippen LogP contribution in [-0.2, 0) is 0 Å². The van der Waals surface area contributed by atoms with Crippen LogP contribution >= 0.6 is 0 Å². The molecule has 0 unspecified atom stereocenters. The van der Waals surface area contributed by atoms with E-state index in [1.165, 1.54) is 0 Å². The standard InChI is InChI=1S/C19H22N6O2/c1-5-24(6-2)15-9-7-14(8-10-15)11-16-12(3)23-25(18(16)27)19-20-17(26)13(4)21-22-19/h7-11,23H,3,5-6H2,1-2,4H3,(H,20,22,26). The summed E-state index contributed by atoms with van der Waals surface area (Å²) in [5, 5.41) is 11.3. The fourth-order valence-corrected chi connectivity index (χ4v) is 2.82. The van der Waals surface area contributed by atoms with Crippen molar-refractivity contribution in [2.24, 2.45) is 0 Å². The van der Waals surface area contributed by atoms with Crippen molar-refractivity contribution in [1.29, 1.82) is 0 Å². The van der Waals surface area contributed by atoms with Crippen molar-refractivity contribution in [3.05, 3.63) is 66.8 Å². The summed E-state index contributed by atoms with van der Waals surface area (Å²) < 4.78 is 1.13. The van der Waals surface area contributed by atoms with E-state index >= 15 is 0 Å². The van der Waals surface area contributed by atoms with Crippen LogP contribution in [0.1, 0.15) is 25.1 Å². The maximum Gasteiger partial charge on any atom is 0.281 e. The first-order chi connectivity index (χ1) is 12.9. The van der Waals surface area contributed by atoms with Crippen molar-refractivity contribution >= 4 is 18.3 Å². The van der Waals surface area contributed by atoms with Crippen LogP contribution in [0.3, 0.4) is 0 Å². The minimum atomic E-state index is -0.398. The molecule has 3 aromatic rings. The molecule has 8 heteroatoms. The Kier molecular flexibility index (Phi) is 5.07. The number of hydrogen-bond acceptors (Lipinski definition) is 5. The van der Waals surface area contributed by atoms with Gasteiger partial charge in [-0.1, -0.05) is 18.7 Å². The normalized spacial score (nSPS) is 11.7. The predicted molar refractivity (Wildman–Crippen MR) is 106 cm³/mol. The molecule has 27 heavy (non-hydrogen) atoms. The number of hydrogen-bond donors (Lipinski definition) is 2. The summed E-state index contributed by atoms with van der Waals surface area (Å²) in [5.74, 6) is 0.0250. The van der Waals surface area contributed by atoms with Crippen LogP contribution in [0.15, 0.2) is 33.9 Å². The highest BCUT2D eigenvalue weighted by atomic mass is 16.1. The number of anilines is 1. The summed E-state index contributed by atoms with van der Waals surface area (Å²) in [6.07, 6.45) is 1.75. The van der Waals surface area contributed by atoms with Gasteiger partial charge in [0.1, 0.15) is 5.69 Å². The molecule has 8 nitrogen and oxygen atoms in total. The smallest absolute Gasteiger partial charge is 0.281 e. The molecule has 0 saturated carbocycles. The van der Waals surface area contributed by atoms with E-state index < -0.39 is 5.56 Å². The zero-order chi connectivity index (χ0) is 19.6. The second-order valence-corrected chi connectivity index (χ2v) is 6.12. The van der Waals surface area contributed by atoms with Crippen molar-refractivity contribution in [2.45, 2.75) is 20.8 Å². The topological polar surface area (TPSA) is 99.7 Å². The van der Waals surface area contributed by atoms with Gasteiger partial charge in [-0.15, -0.1) is 10.2 Å². The molecule has 0 radical (unpaired) electrons. The Labute approximate surface area is 155 Å². The third-order valence-electron chi connectivity index (χ3n) is 4.40. The fraction of sp³-hybridized carbons (Fsp3) is 0.263. The van der Waals surface area contributed by atoms with Crippen LogP contribution in [0, 0.1) is 6.92 Å². The van der Waals surface area contributed by atoms with E-state index in [4.69, 9.17) is 0 Å². The molecular formula is C19H22N6O2. The van der Waals surface area contributed by atoms with Gasteiger partial charge >= 0.3 is 0 Å². The molecular weight excluding hydrogens is 344 g/mol. The van der Waals surface area contributed by atoms with Gasteiger partial charge in [-0.3, -0.25) is 19.7 Å². The van der Waals surface area contributed by atoms with E-state index in [-0.39, 0.29) is 17.2 Å². The van der Waals surface area contributed by atoms with Gasteiger partial charge in [0.05, 0.1) is 10.6 Å². The summed E-state index contributed by atoms with van der Waals surface area (Å²) >= 11 is 0. The lowest BCUT2D eigenvalue weighted by molar-refractivity contribution is 0.730. The van der Waals surface area contributed by atoms with Gasteiger partial charge in [0.2, 0.25) is 0 Å². The van der Waals surface area contributed by atoms with Gasteiger partial charge in [0, 0.05) is 18.8 Å². The maximum absolute atomic E-state index is 12.7.